The van der Waals surface area contributed by atoms with Crippen LogP contribution in [0.15, 0.2) is 0 Å². The lowest BCUT2D eigenvalue weighted by atomic mass is 10.0. The molecule has 7 heteroatoms. The smallest absolute Gasteiger partial charge is 0.332 e. The van der Waals surface area contributed by atoms with Crippen LogP contribution in [0.4, 0.5) is 0 Å². The molecule has 0 aliphatic carbocycles. The van der Waals surface area contributed by atoms with E-state index in [0.29, 0.717) is 32.6 Å². The van der Waals surface area contributed by atoms with Crippen LogP contribution in [0.1, 0.15) is 26.2 Å². The molecule has 4 unspecified atom stereocenters. The number of carbonyl (C=O) groups is 2. The molecule has 4 atom stereocenters. The molecule has 0 aromatic carbocycles. The fraction of sp³-hybridized carbons (Fsp3) is 0.857. The molecule has 0 bridgehead atoms. The normalized spacial score (nSPS) is 32.2. The van der Waals surface area contributed by atoms with Gasteiger partial charge in [0, 0.05) is 12.6 Å². The first-order chi connectivity index (χ1) is 10.1. The molecule has 120 valence electrons. The molecule has 2 saturated heterocycles. The number of carboxylic acids is 1. The third-order valence-corrected chi connectivity index (χ3v) is 3.96. The van der Waals surface area contributed by atoms with E-state index < -0.39 is 12.1 Å². The number of hydrogen-bond acceptors (Lipinski definition) is 5. The molecule has 0 radical (unpaired) electrons. The van der Waals surface area contributed by atoms with Gasteiger partial charge in [0.2, 0.25) is 5.91 Å². The lowest BCUT2D eigenvalue weighted by molar-refractivity contribution is -0.149. The van der Waals surface area contributed by atoms with Crippen LogP contribution in [-0.2, 0) is 19.1 Å². The standard InChI is InChI=1S/C14H24N2O5/c1-2-5-15-11-8-20-7-10(11)13(17)16-6-9-3-4-12(21-9)14(18)19/h9-12,15H,2-8H2,1H3,(H,16,17)(H,18,19). The third kappa shape index (κ3) is 4.39. The summed E-state index contributed by atoms with van der Waals surface area (Å²) in [5.74, 6) is -1.17. The summed E-state index contributed by atoms with van der Waals surface area (Å²) in [4.78, 5) is 23.0. The number of ether oxygens (including phenoxy) is 2. The van der Waals surface area contributed by atoms with Crippen LogP contribution in [0, 0.1) is 5.92 Å². The summed E-state index contributed by atoms with van der Waals surface area (Å²) in [6.45, 7) is 4.28. The summed E-state index contributed by atoms with van der Waals surface area (Å²) < 4.78 is 10.7. The monoisotopic (exact) mass is 300 g/mol. The number of carbonyl (C=O) groups excluding carboxylic acids is 1. The number of nitrogens with one attached hydrogen (secondary N) is 2. The maximum absolute atomic E-state index is 12.2. The highest BCUT2D eigenvalue weighted by Gasteiger charge is 2.35. The summed E-state index contributed by atoms with van der Waals surface area (Å²) in [5, 5.41) is 15.0. The first-order valence-electron chi connectivity index (χ1n) is 7.59. The van der Waals surface area contributed by atoms with Crippen LogP contribution in [-0.4, -0.2) is 61.5 Å². The lowest BCUT2D eigenvalue weighted by Gasteiger charge is -2.19. The molecule has 2 fully saturated rings. The van der Waals surface area contributed by atoms with E-state index in [4.69, 9.17) is 14.6 Å². The van der Waals surface area contributed by atoms with Crippen molar-refractivity contribution in [2.45, 2.75) is 44.4 Å². The summed E-state index contributed by atoms with van der Waals surface area (Å²) in [7, 11) is 0. The number of carboxylic acid groups (broad SMARTS) is 1. The Morgan fingerprint density at radius 2 is 2.10 bits per heavy atom. The van der Waals surface area contributed by atoms with E-state index in [0.717, 1.165) is 13.0 Å². The van der Waals surface area contributed by atoms with Gasteiger partial charge in [0.05, 0.1) is 25.2 Å². The summed E-state index contributed by atoms with van der Waals surface area (Å²) in [6, 6.07) is 0.0567. The van der Waals surface area contributed by atoms with E-state index in [1.165, 1.54) is 0 Å². The lowest BCUT2D eigenvalue weighted by Crippen LogP contribution is -2.45. The fourth-order valence-corrected chi connectivity index (χ4v) is 2.73. The molecule has 0 saturated carbocycles. The van der Waals surface area contributed by atoms with E-state index >= 15 is 0 Å². The predicted octanol–water partition coefficient (Wildman–Crippen LogP) is -0.251. The average molecular weight is 300 g/mol. The number of rotatable bonds is 7. The van der Waals surface area contributed by atoms with Gasteiger partial charge in [0.25, 0.3) is 0 Å². The fourth-order valence-electron chi connectivity index (χ4n) is 2.73. The first-order valence-corrected chi connectivity index (χ1v) is 7.59. The van der Waals surface area contributed by atoms with E-state index in [2.05, 4.69) is 17.6 Å². The van der Waals surface area contributed by atoms with Crippen molar-refractivity contribution >= 4 is 11.9 Å². The van der Waals surface area contributed by atoms with Crippen molar-refractivity contribution in [1.82, 2.24) is 10.6 Å². The Balaban J connectivity index is 1.73. The van der Waals surface area contributed by atoms with Gasteiger partial charge in [-0.05, 0) is 25.8 Å². The largest absolute Gasteiger partial charge is 0.479 e. The molecule has 2 aliphatic heterocycles. The molecule has 2 heterocycles. The van der Waals surface area contributed by atoms with Crippen molar-refractivity contribution in [3.63, 3.8) is 0 Å². The number of aliphatic carboxylic acids is 1. The van der Waals surface area contributed by atoms with Gasteiger partial charge in [-0.3, -0.25) is 4.79 Å². The number of hydrogen-bond donors (Lipinski definition) is 3. The molecule has 2 aliphatic rings. The highest BCUT2D eigenvalue weighted by Crippen LogP contribution is 2.20. The highest BCUT2D eigenvalue weighted by atomic mass is 16.5. The molecular formula is C14H24N2O5. The second-order valence-corrected chi connectivity index (χ2v) is 5.61. The van der Waals surface area contributed by atoms with Crippen LogP contribution >= 0.6 is 0 Å². The SMILES string of the molecule is CCCNC1COCC1C(=O)NCC1CCC(C(=O)O)O1. The minimum Gasteiger partial charge on any atom is -0.479 e. The second-order valence-electron chi connectivity index (χ2n) is 5.61. The molecule has 1 amide bonds. The minimum absolute atomic E-state index is 0.0523. The second kappa shape index (κ2) is 7.72. The van der Waals surface area contributed by atoms with Crippen LogP contribution in [0.5, 0.6) is 0 Å². The van der Waals surface area contributed by atoms with E-state index in [-0.39, 0.29) is 24.0 Å². The molecule has 2 rings (SSSR count). The molecule has 7 nitrogen and oxygen atoms in total. The van der Waals surface area contributed by atoms with Gasteiger partial charge >= 0.3 is 5.97 Å². The first kappa shape index (κ1) is 16.2. The van der Waals surface area contributed by atoms with Crippen LogP contribution in [0.25, 0.3) is 0 Å². The minimum atomic E-state index is -0.933. The Labute approximate surface area is 124 Å². The summed E-state index contributed by atoms with van der Waals surface area (Å²) in [5.41, 5.74) is 0. The molecule has 3 N–H and O–H groups in total. The third-order valence-electron chi connectivity index (χ3n) is 3.96. The zero-order valence-corrected chi connectivity index (χ0v) is 12.3. The maximum Gasteiger partial charge on any atom is 0.332 e. The predicted molar refractivity (Wildman–Crippen MR) is 74.9 cm³/mol. The Bertz CT molecular complexity index is 376. The quantitative estimate of drug-likeness (QED) is 0.600. The van der Waals surface area contributed by atoms with E-state index in [1.807, 2.05) is 0 Å². The summed E-state index contributed by atoms with van der Waals surface area (Å²) in [6.07, 6.45) is 1.23. The topological polar surface area (TPSA) is 96.9 Å². The Hall–Kier alpha value is -1.18. The van der Waals surface area contributed by atoms with Gasteiger partial charge < -0.3 is 25.2 Å². The van der Waals surface area contributed by atoms with Crippen molar-refractivity contribution in [1.29, 1.82) is 0 Å². The van der Waals surface area contributed by atoms with Crippen LogP contribution in [0.2, 0.25) is 0 Å². The van der Waals surface area contributed by atoms with E-state index in [1.54, 1.807) is 0 Å². The van der Waals surface area contributed by atoms with Gasteiger partial charge in [-0.2, -0.15) is 0 Å². The molecule has 0 aromatic rings. The molecule has 0 aromatic heterocycles. The van der Waals surface area contributed by atoms with Gasteiger partial charge in [0.1, 0.15) is 0 Å². The maximum atomic E-state index is 12.2. The van der Waals surface area contributed by atoms with Crippen molar-refractivity contribution in [3.05, 3.63) is 0 Å². The van der Waals surface area contributed by atoms with Gasteiger partial charge in [-0.1, -0.05) is 6.92 Å². The van der Waals surface area contributed by atoms with Gasteiger partial charge in [-0.25, -0.2) is 4.79 Å². The zero-order valence-electron chi connectivity index (χ0n) is 12.3. The Morgan fingerprint density at radius 1 is 1.29 bits per heavy atom. The highest BCUT2D eigenvalue weighted by molar-refractivity contribution is 5.80. The zero-order chi connectivity index (χ0) is 15.2. The Morgan fingerprint density at radius 3 is 2.76 bits per heavy atom. The van der Waals surface area contributed by atoms with E-state index in [9.17, 15) is 9.59 Å². The van der Waals surface area contributed by atoms with Gasteiger partial charge in [0.15, 0.2) is 6.10 Å². The van der Waals surface area contributed by atoms with Crippen molar-refractivity contribution in [2.24, 2.45) is 5.92 Å². The molecular weight excluding hydrogens is 276 g/mol. The van der Waals surface area contributed by atoms with Crippen molar-refractivity contribution < 1.29 is 24.2 Å². The van der Waals surface area contributed by atoms with Crippen molar-refractivity contribution in [2.75, 3.05) is 26.3 Å². The molecule has 21 heavy (non-hydrogen) atoms. The van der Waals surface area contributed by atoms with Gasteiger partial charge in [-0.15, -0.1) is 0 Å². The molecule has 0 spiro atoms. The van der Waals surface area contributed by atoms with Crippen molar-refractivity contribution in [3.8, 4) is 0 Å². The Kier molecular flexibility index (Phi) is 5.96. The van der Waals surface area contributed by atoms with Crippen LogP contribution in [0.3, 0.4) is 0 Å². The summed E-state index contributed by atoms with van der Waals surface area (Å²) >= 11 is 0. The average Bonchev–Trinajstić information content (AvgIpc) is 3.11. The van der Waals surface area contributed by atoms with Crippen LogP contribution < -0.4 is 10.6 Å². The number of amides is 1.